The summed E-state index contributed by atoms with van der Waals surface area (Å²) >= 11 is 0. The second-order valence-corrected chi connectivity index (χ2v) is 5.28. The zero-order valence-electron chi connectivity index (χ0n) is 10.9. The highest BCUT2D eigenvalue weighted by atomic mass is 19.1. The lowest BCUT2D eigenvalue weighted by Gasteiger charge is -2.20. The van der Waals surface area contributed by atoms with Crippen LogP contribution in [0.15, 0.2) is 18.2 Å². The fourth-order valence-corrected chi connectivity index (χ4v) is 2.54. The average Bonchev–Trinajstić information content (AvgIpc) is 2.64. The number of likely N-dealkylation sites (tertiary alicyclic amines) is 1. The van der Waals surface area contributed by atoms with Gasteiger partial charge in [0.15, 0.2) is 0 Å². The summed E-state index contributed by atoms with van der Waals surface area (Å²) in [5, 5.41) is 0. The lowest BCUT2D eigenvalue weighted by molar-refractivity contribution is 0.264. The first-order chi connectivity index (χ1) is 8.04. The maximum atomic E-state index is 13.3. The molecular weight excluding hydrogens is 215 g/mol. The fourth-order valence-electron chi connectivity index (χ4n) is 2.54. The highest BCUT2D eigenvalue weighted by molar-refractivity contribution is 5.23. The third-order valence-electron chi connectivity index (χ3n) is 3.49. The van der Waals surface area contributed by atoms with Crippen molar-refractivity contribution in [2.75, 3.05) is 27.2 Å². The van der Waals surface area contributed by atoms with Crippen LogP contribution >= 0.6 is 0 Å². The SMILES string of the molecule is Cc1cc(F)cc(CN2CC[C@H](N(C)C)C2)c1. The summed E-state index contributed by atoms with van der Waals surface area (Å²) in [5.74, 6) is -0.122. The van der Waals surface area contributed by atoms with Gasteiger partial charge in [0, 0.05) is 25.7 Å². The van der Waals surface area contributed by atoms with E-state index < -0.39 is 0 Å². The van der Waals surface area contributed by atoms with Crippen LogP contribution in [0.2, 0.25) is 0 Å². The highest BCUT2D eigenvalue weighted by Gasteiger charge is 2.23. The number of hydrogen-bond donors (Lipinski definition) is 0. The molecule has 0 N–H and O–H groups in total. The van der Waals surface area contributed by atoms with Crippen LogP contribution in [0.3, 0.4) is 0 Å². The van der Waals surface area contributed by atoms with Gasteiger partial charge >= 0.3 is 0 Å². The maximum absolute atomic E-state index is 13.3. The Bertz CT molecular complexity index is 370. The van der Waals surface area contributed by atoms with E-state index in [9.17, 15) is 4.39 Å². The third-order valence-corrected chi connectivity index (χ3v) is 3.49. The molecule has 1 atom stereocenters. The quantitative estimate of drug-likeness (QED) is 0.794. The molecule has 2 nitrogen and oxygen atoms in total. The van der Waals surface area contributed by atoms with Crippen molar-refractivity contribution in [2.45, 2.75) is 25.9 Å². The first-order valence-corrected chi connectivity index (χ1v) is 6.19. The van der Waals surface area contributed by atoms with Gasteiger partial charge in [-0.2, -0.15) is 0 Å². The Labute approximate surface area is 103 Å². The van der Waals surface area contributed by atoms with E-state index in [0.29, 0.717) is 6.04 Å². The molecule has 3 heteroatoms. The molecule has 0 radical (unpaired) electrons. The van der Waals surface area contributed by atoms with Crippen molar-refractivity contribution in [2.24, 2.45) is 0 Å². The van der Waals surface area contributed by atoms with Gasteiger partial charge in [-0.15, -0.1) is 0 Å². The standard InChI is InChI=1S/C14H21FN2/c1-11-6-12(8-13(15)7-11)9-17-5-4-14(10-17)16(2)3/h6-8,14H,4-5,9-10H2,1-3H3/t14-/m0/s1. The van der Waals surface area contributed by atoms with Crippen LogP contribution < -0.4 is 0 Å². The number of aryl methyl sites for hydroxylation is 1. The van der Waals surface area contributed by atoms with Crippen molar-refractivity contribution in [1.29, 1.82) is 0 Å². The van der Waals surface area contributed by atoms with E-state index in [-0.39, 0.29) is 5.82 Å². The molecule has 1 aromatic rings. The Kier molecular flexibility index (Phi) is 3.79. The van der Waals surface area contributed by atoms with E-state index in [4.69, 9.17) is 0 Å². The largest absolute Gasteiger partial charge is 0.305 e. The van der Waals surface area contributed by atoms with Crippen LogP contribution in [-0.4, -0.2) is 43.0 Å². The summed E-state index contributed by atoms with van der Waals surface area (Å²) in [6, 6.07) is 5.95. The van der Waals surface area contributed by atoms with Crippen molar-refractivity contribution >= 4 is 0 Å². The molecular formula is C14H21FN2. The Balaban J connectivity index is 1.98. The first kappa shape index (κ1) is 12.5. The second-order valence-electron chi connectivity index (χ2n) is 5.28. The number of likely N-dealkylation sites (N-methyl/N-ethyl adjacent to an activating group) is 1. The van der Waals surface area contributed by atoms with E-state index in [1.54, 1.807) is 12.1 Å². The van der Waals surface area contributed by atoms with E-state index >= 15 is 0 Å². The molecule has 0 saturated carbocycles. The average molecular weight is 236 g/mol. The van der Waals surface area contributed by atoms with Gasteiger partial charge in [0.05, 0.1) is 0 Å². The topological polar surface area (TPSA) is 6.48 Å². The molecule has 17 heavy (non-hydrogen) atoms. The zero-order chi connectivity index (χ0) is 12.4. The van der Waals surface area contributed by atoms with Crippen LogP contribution in [0.1, 0.15) is 17.5 Å². The van der Waals surface area contributed by atoms with Gasteiger partial charge in [-0.3, -0.25) is 4.90 Å². The number of rotatable bonds is 3. The molecule has 1 saturated heterocycles. The Morgan fingerprint density at radius 1 is 1.35 bits per heavy atom. The Hall–Kier alpha value is -0.930. The summed E-state index contributed by atoms with van der Waals surface area (Å²) in [5.41, 5.74) is 2.09. The van der Waals surface area contributed by atoms with Crippen LogP contribution in [0.5, 0.6) is 0 Å². The third kappa shape index (κ3) is 3.27. The van der Waals surface area contributed by atoms with E-state index in [1.165, 1.54) is 6.42 Å². The van der Waals surface area contributed by atoms with Crippen LogP contribution in [0.25, 0.3) is 0 Å². The minimum Gasteiger partial charge on any atom is -0.305 e. The number of nitrogens with zero attached hydrogens (tertiary/aromatic N) is 2. The summed E-state index contributed by atoms with van der Waals surface area (Å²) in [7, 11) is 4.25. The molecule has 1 aliphatic heterocycles. The van der Waals surface area contributed by atoms with Crippen molar-refractivity contribution in [1.82, 2.24) is 9.80 Å². The van der Waals surface area contributed by atoms with Crippen molar-refractivity contribution in [3.63, 3.8) is 0 Å². The molecule has 1 fully saturated rings. The van der Waals surface area contributed by atoms with Gasteiger partial charge in [-0.05, 0) is 50.7 Å². The molecule has 0 aliphatic carbocycles. The van der Waals surface area contributed by atoms with E-state index in [0.717, 1.165) is 30.8 Å². The lowest BCUT2D eigenvalue weighted by Crippen LogP contribution is -2.31. The summed E-state index contributed by atoms with van der Waals surface area (Å²) in [6.45, 7) is 5.00. The molecule has 0 amide bonds. The van der Waals surface area contributed by atoms with E-state index in [1.807, 2.05) is 6.92 Å². The molecule has 1 heterocycles. The smallest absolute Gasteiger partial charge is 0.123 e. The predicted octanol–water partition coefficient (Wildman–Crippen LogP) is 2.27. The van der Waals surface area contributed by atoms with Crippen LogP contribution in [0, 0.1) is 12.7 Å². The molecule has 0 aromatic heterocycles. The van der Waals surface area contributed by atoms with Crippen LogP contribution in [0.4, 0.5) is 4.39 Å². The minimum absolute atomic E-state index is 0.122. The summed E-state index contributed by atoms with van der Waals surface area (Å²) < 4.78 is 13.3. The molecule has 0 bridgehead atoms. The van der Waals surface area contributed by atoms with Crippen molar-refractivity contribution in [3.05, 3.63) is 35.1 Å². The highest BCUT2D eigenvalue weighted by Crippen LogP contribution is 2.17. The van der Waals surface area contributed by atoms with Gasteiger partial charge < -0.3 is 4.90 Å². The van der Waals surface area contributed by atoms with Crippen LogP contribution in [-0.2, 0) is 6.54 Å². The monoisotopic (exact) mass is 236 g/mol. The zero-order valence-corrected chi connectivity index (χ0v) is 10.9. The van der Waals surface area contributed by atoms with E-state index in [2.05, 4.69) is 30.0 Å². The van der Waals surface area contributed by atoms with Gasteiger partial charge in [-0.25, -0.2) is 4.39 Å². The van der Waals surface area contributed by atoms with Gasteiger partial charge in [-0.1, -0.05) is 6.07 Å². The lowest BCUT2D eigenvalue weighted by atomic mass is 10.1. The number of hydrogen-bond acceptors (Lipinski definition) is 2. The van der Waals surface area contributed by atoms with Gasteiger partial charge in [0.2, 0.25) is 0 Å². The summed E-state index contributed by atoms with van der Waals surface area (Å²) in [6.07, 6.45) is 1.21. The fraction of sp³-hybridized carbons (Fsp3) is 0.571. The molecule has 94 valence electrons. The molecule has 2 rings (SSSR count). The number of benzene rings is 1. The molecule has 0 spiro atoms. The first-order valence-electron chi connectivity index (χ1n) is 6.19. The Morgan fingerprint density at radius 3 is 2.71 bits per heavy atom. The normalized spacial score (nSPS) is 21.4. The van der Waals surface area contributed by atoms with Crippen molar-refractivity contribution < 1.29 is 4.39 Å². The Morgan fingerprint density at radius 2 is 2.12 bits per heavy atom. The second kappa shape index (κ2) is 5.15. The number of halogens is 1. The summed E-state index contributed by atoms with van der Waals surface area (Å²) in [4.78, 5) is 4.68. The van der Waals surface area contributed by atoms with Gasteiger partial charge in [0.25, 0.3) is 0 Å². The predicted molar refractivity (Wildman–Crippen MR) is 68.5 cm³/mol. The molecule has 0 unspecified atom stereocenters. The molecule has 1 aromatic carbocycles. The molecule has 1 aliphatic rings. The van der Waals surface area contributed by atoms with Gasteiger partial charge in [0.1, 0.15) is 5.82 Å². The van der Waals surface area contributed by atoms with Crippen molar-refractivity contribution in [3.8, 4) is 0 Å². The minimum atomic E-state index is -0.122. The maximum Gasteiger partial charge on any atom is 0.123 e.